The molecule has 0 aromatic heterocycles. The van der Waals surface area contributed by atoms with Gasteiger partial charge in [0.25, 0.3) is 15.0 Å². The molecule has 0 heterocycles. The van der Waals surface area contributed by atoms with Gasteiger partial charge in [-0.25, -0.2) is 17.2 Å². The Bertz CT molecular complexity index is 944. The number of hydrogen-bond acceptors (Lipinski definition) is 3. The number of hydrogen-bond donors (Lipinski definition) is 1. The maximum absolute atomic E-state index is 13.4. The van der Waals surface area contributed by atoms with Gasteiger partial charge in [0, 0.05) is 21.9 Å². The zero-order valence-electron chi connectivity index (χ0n) is 11.9. The molecule has 0 spiro atoms. The van der Waals surface area contributed by atoms with Crippen LogP contribution in [0.1, 0.15) is 15.9 Å². The van der Waals surface area contributed by atoms with E-state index in [4.69, 9.17) is 10.7 Å². The van der Waals surface area contributed by atoms with Crippen molar-refractivity contribution in [3.63, 3.8) is 0 Å². The van der Waals surface area contributed by atoms with Crippen molar-refractivity contribution in [2.75, 3.05) is 5.32 Å². The summed E-state index contributed by atoms with van der Waals surface area (Å²) in [5.41, 5.74) is -2.36. The Kier molecular flexibility index (Phi) is 5.05. The van der Waals surface area contributed by atoms with Crippen molar-refractivity contribution in [1.82, 2.24) is 0 Å². The quantitative estimate of drug-likeness (QED) is 0.622. The first-order valence-corrected chi connectivity index (χ1v) is 8.63. The molecule has 0 saturated heterocycles. The summed E-state index contributed by atoms with van der Waals surface area (Å²) in [5, 5.41) is 2.03. The molecule has 2 aromatic rings. The minimum atomic E-state index is -4.97. The van der Waals surface area contributed by atoms with E-state index in [-0.39, 0.29) is 5.56 Å². The van der Waals surface area contributed by atoms with Crippen molar-refractivity contribution in [2.45, 2.75) is 11.1 Å². The van der Waals surface area contributed by atoms with Gasteiger partial charge in [0.2, 0.25) is 0 Å². The fourth-order valence-corrected chi connectivity index (χ4v) is 2.78. The van der Waals surface area contributed by atoms with Crippen molar-refractivity contribution in [3.05, 3.63) is 59.2 Å². The monoisotopic (exact) mass is 399 g/mol. The van der Waals surface area contributed by atoms with Crippen LogP contribution in [0.25, 0.3) is 0 Å². The average Bonchev–Trinajstić information content (AvgIpc) is 2.47. The van der Waals surface area contributed by atoms with E-state index in [1.165, 1.54) is 0 Å². The molecule has 0 aliphatic heterocycles. The number of carbonyl (C=O) groups excluding carboxylic acids is 1. The van der Waals surface area contributed by atoms with Gasteiger partial charge in [0.1, 0.15) is 16.5 Å². The fraction of sp³-hybridized carbons (Fsp3) is 0.0714. The van der Waals surface area contributed by atoms with Gasteiger partial charge in [-0.1, -0.05) is 0 Å². The van der Waals surface area contributed by atoms with Crippen LogP contribution in [-0.4, -0.2) is 14.3 Å². The van der Waals surface area contributed by atoms with Gasteiger partial charge < -0.3 is 5.32 Å². The molecule has 0 aliphatic carbocycles. The standard InChI is InChI=1S/C14H7ClF5NO3S/c15-25(23,24)12-5-7(1-3-11(12)17)13(22)21-8-2-4-10(16)9(6-8)14(18,19)20/h1-6H,(H,21,22). The van der Waals surface area contributed by atoms with Gasteiger partial charge in [-0.05, 0) is 36.4 Å². The van der Waals surface area contributed by atoms with Crippen molar-refractivity contribution >= 4 is 31.3 Å². The normalized spacial score (nSPS) is 12.1. The predicted octanol–water partition coefficient (Wildman–Crippen LogP) is 4.16. The van der Waals surface area contributed by atoms with E-state index in [9.17, 15) is 35.2 Å². The minimum absolute atomic E-state index is 0.371. The summed E-state index contributed by atoms with van der Waals surface area (Å²) in [6, 6.07) is 3.96. The van der Waals surface area contributed by atoms with Gasteiger partial charge in [0.05, 0.1) is 5.56 Å². The molecule has 0 bridgehead atoms. The molecule has 0 atom stereocenters. The topological polar surface area (TPSA) is 63.2 Å². The lowest BCUT2D eigenvalue weighted by molar-refractivity contribution is -0.139. The van der Waals surface area contributed by atoms with Crippen LogP contribution in [0, 0.1) is 11.6 Å². The van der Waals surface area contributed by atoms with E-state index in [1.807, 2.05) is 5.32 Å². The molecule has 1 amide bonds. The van der Waals surface area contributed by atoms with Crippen LogP contribution in [0.5, 0.6) is 0 Å². The number of amides is 1. The molecule has 0 saturated carbocycles. The van der Waals surface area contributed by atoms with Crippen LogP contribution < -0.4 is 5.32 Å². The second-order valence-electron chi connectivity index (χ2n) is 4.73. The number of benzene rings is 2. The number of carbonyl (C=O) groups is 1. The Hall–Kier alpha value is -2.20. The Morgan fingerprint density at radius 1 is 1.00 bits per heavy atom. The largest absolute Gasteiger partial charge is 0.419 e. The van der Waals surface area contributed by atoms with E-state index in [2.05, 4.69) is 0 Å². The summed E-state index contributed by atoms with van der Waals surface area (Å²) >= 11 is 0. The summed E-state index contributed by atoms with van der Waals surface area (Å²) in [6.07, 6.45) is -4.97. The van der Waals surface area contributed by atoms with Gasteiger partial charge in [-0.3, -0.25) is 4.79 Å². The first kappa shape index (κ1) is 19.1. The van der Waals surface area contributed by atoms with Crippen molar-refractivity contribution < 1.29 is 35.2 Å². The molecular formula is C14H7ClF5NO3S. The summed E-state index contributed by atoms with van der Waals surface area (Å²) in [6.45, 7) is 0. The zero-order chi connectivity index (χ0) is 19.0. The number of nitrogens with one attached hydrogen (secondary N) is 1. The highest BCUT2D eigenvalue weighted by Gasteiger charge is 2.34. The van der Waals surface area contributed by atoms with E-state index in [0.29, 0.717) is 24.3 Å². The lowest BCUT2D eigenvalue weighted by Gasteiger charge is -2.11. The van der Waals surface area contributed by atoms with Crippen LogP contribution in [0.3, 0.4) is 0 Å². The predicted molar refractivity (Wildman–Crippen MR) is 78.8 cm³/mol. The highest BCUT2D eigenvalue weighted by molar-refractivity contribution is 8.13. The smallest absolute Gasteiger partial charge is 0.322 e. The summed E-state index contributed by atoms with van der Waals surface area (Å²) in [5.74, 6) is -3.77. The Balaban J connectivity index is 2.35. The van der Waals surface area contributed by atoms with Crippen molar-refractivity contribution in [3.8, 4) is 0 Å². The summed E-state index contributed by atoms with van der Waals surface area (Å²) in [4.78, 5) is 11.0. The molecule has 4 nitrogen and oxygen atoms in total. The third-order valence-electron chi connectivity index (χ3n) is 2.99. The lowest BCUT2D eigenvalue weighted by atomic mass is 10.1. The van der Waals surface area contributed by atoms with Gasteiger partial charge >= 0.3 is 6.18 Å². The number of halogens is 6. The molecule has 2 aromatic carbocycles. The Morgan fingerprint density at radius 3 is 2.16 bits per heavy atom. The lowest BCUT2D eigenvalue weighted by Crippen LogP contribution is -2.15. The third kappa shape index (κ3) is 4.45. The number of anilines is 1. The molecule has 0 unspecified atom stereocenters. The molecule has 0 aliphatic rings. The van der Waals surface area contributed by atoms with Crippen molar-refractivity contribution in [2.24, 2.45) is 0 Å². The average molecular weight is 400 g/mol. The van der Waals surface area contributed by atoms with Crippen LogP contribution in [-0.2, 0) is 15.2 Å². The van der Waals surface area contributed by atoms with Gasteiger partial charge in [-0.15, -0.1) is 0 Å². The zero-order valence-corrected chi connectivity index (χ0v) is 13.4. The maximum Gasteiger partial charge on any atom is 0.419 e. The second-order valence-corrected chi connectivity index (χ2v) is 7.26. The third-order valence-corrected chi connectivity index (χ3v) is 4.32. The maximum atomic E-state index is 13.4. The Labute approximate surface area is 142 Å². The van der Waals surface area contributed by atoms with Crippen LogP contribution in [0.4, 0.5) is 27.6 Å². The molecule has 0 radical (unpaired) electrons. The highest BCUT2D eigenvalue weighted by atomic mass is 35.7. The second kappa shape index (κ2) is 6.60. The van der Waals surface area contributed by atoms with E-state index in [0.717, 1.165) is 12.1 Å². The molecule has 2 rings (SSSR count). The molecule has 1 N–H and O–H groups in total. The number of rotatable bonds is 3. The van der Waals surface area contributed by atoms with Crippen LogP contribution in [0.2, 0.25) is 0 Å². The van der Waals surface area contributed by atoms with Crippen molar-refractivity contribution in [1.29, 1.82) is 0 Å². The Morgan fingerprint density at radius 2 is 1.60 bits per heavy atom. The van der Waals surface area contributed by atoms with E-state index in [1.54, 1.807) is 0 Å². The van der Waals surface area contributed by atoms with E-state index >= 15 is 0 Å². The molecule has 0 fully saturated rings. The SMILES string of the molecule is O=C(Nc1ccc(F)c(C(F)(F)F)c1)c1ccc(F)c(S(=O)(=O)Cl)c1. The van der Waals surface area contributed by atoms with Crippen LogP contribution in [0.15, 0.2) is 41.3 Å². The first-order chi connectivity index (χ1) is 11.4. The van der Waals surface area contributed by atoms with Crippen LogP contribution >= 0.6 is 10.7 Å². The molecule has 11 heteroatoms. The highest BCUT2D eigenvalue weighted by Crippen LogP contribution is 2.33. The first-order valence-electron chi connectivity index (χ1n) is 6.32. The van der Waals surface area contributed by atoms with E-state index < -0.39 is 48.9 Å². The van der Waals surface area contributed by atoms with Gasteiger partial charge in [0.15, 0.2) is 0 Å². The molecule has 25 heavy (non-hydrogen) atoms. The van der Waals surface area contributed by atoms with Gasteiger partial charge in [-0.2, -0.15) is 13.2 Å². The summed E-state index contributed by atoms with van der Waals surface area (Å²) < 4.78 is 87.0. The fourth-order valence-electron chi connectivity index (χ4n) is 1.85. The molecular weight excluding hydrogens is 393 g/mol. The number of alkyl halides is 3. The summed E-state index contributed by atoms with van der Waals surface area (Å²) in [7, 11) is 0.548. The minimum Gasteiger partial charge on any atom is -0.322 e. The molecule has 134 valence electrons.